The Bertz CT molecular complexity index is 426. The third-order valence-corrected chi connectivity index (χ3v) is 4.82. The standard InChI is InChI=1S/C17H27N3/c18-16-6-4-5-15(13-16)7-11-19-12-8-17(14-19)20-9-2-1-3-10-20/h4-6,13,17H,1-3,7-12,14,18H2. The third kappa shape index (κ3) is 3.53. The van der Waals surface area contributed by atoms with Gasteiger partial charge in [-0.05, 0) is 63.0 Å². The Hall–Kier alpha value is -1.06. The summed E-state index contributed by atoms with van der Waals surface area (Å²) in [5.41, 5.74) is 8.09. The fourth-order valence-electron chi connectivity index (χ4n) is 3.63. The van der Waals surface area contributed by atoms with Gasteiger partial charge in [-0.15, -0.1) is 0 Å². The molecule has 1 atom stereocenters. The molecule has 1 unspecified atom stereocenters. The van der Waals surface area contributed by atoms with Gasteiger partial charge in [-0.1, -0.05) is 18.6 Å². The minimum atomic E-state index is 0.816. The second kappa shape index (κ2) is 6.59. The van der Waals surface area contributed by atoms with E-state index in [4.69, 9.17) is 5.73 Å². The average molecular weight is 273 g/mol. The van der Waals surface area contributed by atoms with Gasteiger partial charge in [0.2, 0.25) is 0 Å². The van der Waals surface area contributed by atoms with E-state index < -0.39 is 0 Å². The first-order chi connectivity index (χ1) is 9.81. The molecular weight excluding hydrogens is 246 g/mol. The van der Waals surface area contributed by atoms with Crippen LogP contribution < -0.4 is 5.73 Å². The van der Waals surface area contributed by atoms with Gasteiger partial charge in [0.1, 0.15) is 0 Å². The van der Waals surface area contributed by atoms with Crippen molar-refractivity contribution in [2.45, 2.75) is 38.1 Å². The lowest BCUT2D eigenvalue weighted by Crippen LogP contribution is -2.41. The Balaban J connectivity index is 1.45. The van der Waals surface area contributed by atoms with Crippen molar-refractivity contribution in [1.29, 1.82) is 0 Å². The van der Waals surface area contributed by atoms with E-state index in [-0.39, 0.29) is 0 Å². The number of piperidine rings is 1. The van der Waals surface area contributed by atoms with Crippen LogP contribution >= 0.6 is 0 Å². The fourth-order valence-corrected chi connectivity index (χ4v) is 3.63. The summed E-state index contributed by atoms with van der Waals surface area (Å²) < 4.78 is 0. The highest BCUT2D eigenvalue weighted by Crippen LogP contribution is 2.20. The molecule has 3 nitrogen and oxygen atoms in total. The van der Waals surface area contributed by atoms with E-state index in [0.29, 0.717) is 0 Å². The Morgan fingerprint density at radius 1 is 1.10 bits per heavy atom. The molecule has 20 heavy (non-hydrogen) atoms. The number of hydrogen-bond donors (Lipinski definition) is 1. The number of nitrogens with zero attached hydrogens (tertiary/aromatic N) is 2. The molecule has 0 radical (unpaired) electrons. The number of nitrogens with two attached hydrogens (primary N) is 1. The largest absolute Gasteiger partial charge is 0.399 e. The Morgan fingerprint density at radius 2 is 1.95 bits per heavy atom. The van der Waals surface area contributed by atoms with Gasteiger partial charge in [0.25, 0.3) is 0 Å². The summed E-state index contributed by atoms with van der Waals surface area (Å²) in [5.74, 6) is 0. The van der Waals surface area contributed by atoms with Crippen LogP contribution in [0.3, 0.4) is 0 Å². The summed E-state index contributed by atoms with van der Waals surface area (Å²) in [4.78, 5) is 5.35. The average Bonchev–Trinajstić information content (AvgIpc) is 2.95. The van der Waals surface area contributed by atoms with Crippen LogP contribution in [-0.2, 0) is 6.42 Å². The predicted octanol–water partition coefficient (Wildman–Crippen LogP) is 2.37. The van der Waals surface area contributed by atoms with Gasteiger partial charge in [0.15, 0.2) is 0 Å². The van der Waals surface area contributed by atoms with E-state index >= 15 is 0 Å². The van der Waals surface area contributed by atoms with Crippen molar-refractivity contribution in [3.63, 3.8) is 0 Å². The lowest BCUT2D eigenvalue weighted by Gasteiger charge is -2.32. The topological polar surface area (TPSA) is 32.5 Å². The summed E-state index contributed by atoms with van der Waals surface area (Å²) in [6, 6.07) is 9.14. The van der Waals surface area contributed by atoms with Gasteiger partial charge in [0, 0.05) is 24.8 Å². The quantitative estimate of drug-likeness (QED) is 0.855. The van der Waals surface area contributed by atoms with Crippen LogP contribution in [0.1, 0.15) is 31.2 Å². The molecule has 2 saturated heterocycles. The van der Waals surface area contributed by atoms with Crippen molar-refractivity contribution in [3.05, 3.63) is 29.8 Å². The summed E-state index contributed by atoms with van der Waals surface area (Å²) in [5, 5.41) is 0. The van der Waals surface area contributed by atoms with Crippen LogP contribution in [-0.4, -0.2) is 48.6 Å². The molecule has 3 heteroatoms. The highest BCUT2D eigenvalue weighted by Gasteiger charge is 2.27. The molecule has 0 saturated carbocycles. The molecule has 0 aliphatic carbocycles. The van der Waals surface area contributed by atoms with Gasteiger partial charge in [-0.25, -0.2) is 0 Å². The van der Waals surface area contributed by atoms with Crippen molar-refractivity contribution in [2.75, 3.05) is 38.5 Å². The fraction of sp³-hybridized carbons (Fsp3) is 0.647. The van der Waals surface area contributed by atoms with E-state index in [0.717, 1.165) is 18.2 Å². The molecule has 1 aromatic rings. The molecule has 3 rings (SSSR count). The van der Waals surface area contributed by atoms with Gasteiger partial charge in [-0.2, -0.15) is 0 Å². The van der Waals surface area contributed by atoms with Crippen molar-refractivity contribution in [1.82, 2.24) is 9.80 Å². The number of rotatable bonds is 4. The Labute approximate surface area is 122 Å². The molecule has 0 spiro atoms. The van der Waals surface area contributed by atoms with Gasteiger partial charge < -0.3 is 10.6 Å². The number of anilines is 1. The number of nitrogen functional groups attached to an aromatic ring is 1. The zero-order chi connectivity index (χ0) is 13.8. The minimum absolute atomic E-state index is 0.816. The van der Waals surface area contributed by atoms with Crippen LogP contribution in [0.5, 0.6) is 0 Å². The minimum Gasteiger partial charge on any atom is -0.399 e. The summed E-state index contributed by atoms with van der Waals surface area (Å²) in [6.45, 7) is 6.36. The Morgan fingerprint density at radius 3 is 2.75 bits per heavy atom. The SMILES string of the molecule is Nc1cccc(CCN2CCC(N3CCCCC3)C2)c1. The zero-order valence-electron chi connectivity index (χ0n) is 12.4. The third-order valence-electron chi connectivity index (χ3n) is 4.82. The second-order valence-electron chi connectivity index (χ2n) is 6.33. The molecule has 2 N–H and O–H groups in total. The maximum atomic E-state index is 5.84. The second-order valence-corrected chi connectivity index (χ2v) is 6.33. The summed E-state index contributed by atoms with van der Waals surface area (Å²) in [6.07, 6.45) is 6.72. The summed E-state index contributed by atoms with van der Waals surface area (Å²) >= 11 is 0. The molecule has 110 valence electrons. The lowest BCUT2D eigenvalue weighted by molar-refractivity contribution is 0.162. The number of likely N-dealkylation sites (tertiary alicyclic amines) is 2. The monoisotopic (exact) mass is 273 g/mol. The van der Waals surface area contributed by atoms with E-state index in [1.54, 1.807) is 0 Å². The molecule has 2 aliphatic heterocycles. The first-order valence-electron chi connectivity index (χ1n) is 8.12. The molecule has 0 aromatic heterocycles. The molecule has 1 aromatic carbocycles. The maximum Gasteiger partial charge on any atom is 0.0316 e. The molecule has 0 bridgehead atoms. The molecule has 0 amide bonds. The van der Waals surface area contributed by atoms with Crippen LogP contribution in [0.4, 0.5) is 5.69 Å². The van der Waals surface area contributed by atoms with Crippen molar-refractivity contribution in [3.8, 4) is 0 Å². The Kier molecular flexibility index (Phi) is 4.58. The highest BCUT2D eigenvalue weighted by molar-refractivity contribution is 5.40. The van der Waals surface area contributed by atoms with Gasteiger partial charge in [-0.3, -0.25) is 4.90 Å². The molecular formula is C17H27N3. The lowest BCUT2D eigenvalue weighted by atomic mass is 10.1. The molecule has 2 heterocycles. The number of hydrogen-bond acceptors (Lipinski definition) is 3. The van der Waals surface area contributed by atoms with Gasteiger partial charge >= 0.3 is 0 Å². The predicted molar refractivity (Wildman–Crippen MR) is 84.8 cm³/mol. The van der Waals surface area contributed by atoms with E-state index in [1.165, 1.54) is 64.0 Å². The maximum absolute atomic E-state index is 5.84. The molecule has 2 aliphatic rings. The molecule has 2 fully saturated rings. The van der Waals surface area contributed by atoms with Crippen molar-refractivity contribution in [2.24, 2.45) is 0 Å². The normalized spacial score (nSPS) is 25.1. The van der Waals surface area contributed by atoms with Crippen molar-refractivity contribution < 1.29 is 0 Å². The zero-order valence-corrected chi connectivity index (χ0v) is 12.4. The van der Waals surface area contributed by atoms with E-state index in [1.807, 2.05) is 6.07 Å². The van der Waals surface area contributed by atoms with Crippen LogP contribution in [0.2, 0.25) is 0 Å². The highest BCUT2D eigenvalue weighted by atomic mass is 15.3. The van der Waals surface area contributed by atoms with E-state index in [9.17, 15) is 0 Å². The van der Waals surface area contributed by atoms with Gasteiger partial charge in [0.05, 0.1) is 0 Å². The summed E-state index contributed by atoms with van der Waals surface area (Å²) in [7, 11) is 0. The van der Waals surface area contributed by atoms with Crippen LogP contribution in [0, 0.1) is 0 Å². The first kappa shape index (κ1) is 13.9. The van der Waals surface area contributed by atoms with Crippen LogP contribution in [0.25, 0.3) is 0 Å². The van der Waals surface area contributed by atoms with E-state index in [2.05, 4.69) is 28.0 Å². The number of benzene rings is 1. The smallest absolute Gasteiger partial charge is 0.0316 e. The van der Waals surface area contributed by atoms with Crippen molar-refractivity contribution >= 4 is 5.69 Å². The first-order valence-corrected chi connectivity index (χ1v) is 8.12. The van der Waals surface area contributed by atoms with Crippen LogP contribution in [0.15, 0.2) is 24.3 Å².